The Bertz CT molecular complexity index is 2610. The molecule has 0 aliphatic rings. The monoisotopic (exact) mass is 780 g/mol. The molecule has 0 N–H and O–H groups in total. The van der Waals surface area contributed by atoms with Crippen LogP contribution in [-0.4, -0.2) is 27.4 Å². The van der Waals surface area contributed by atoms with Gasteiger partial charge in [-0.15, -0.1) is 0 Å². The summed E-state index contributed by atoms with van der Waals surface area (Å²) in [7, 11) is 3.50. The lowest BCUT2D eigenvalue weighted by atomic mass is 9.99. The first-order valence-corrected chi connectivity index (χ1v) is 20.7. The van der Waals surface area contributed by atoms with Crippen molar-refractivity contribution in [1.29, 1.82) is 0 Å². The van der Waals surface area contributed by atoms with Crippen molar-refractivity contribution in [3.05, 3.63) is 217 Å². The van der Waals surface area contributed by atoms with E-state index in [2.05, 4.69) is 216 Å². The van der Waals surface area contributed by atoms with Crippen molar-refractivity contribution < 1.29 is 9.47 Å². The SMILES string of the molecule is COCCc1ccc(N(c2ccc(-c3ccc(-c4ccc(N(c5ccc(CCOC)cc5)c5cccc6ccccc56)cc4)cc3)cc2)c2cccc3ccccc23)cc1. The minimum Gasteiger partial charge on any atom is -0.384 e. The van der Waals surface area contributed by atoms with Crippen LogP contribution in [0.4, 0.5) is 34.1 Å². The van der Waals surface area contributed by atoms with E-state index in [0.29, 0.717) is 13.2 Å². The number of nitrogens with zero attached hydrogens (tertiary/aromatic N) is 2. The lowest BCUT2D eigenvalue weighted by Crippen LogP contribution is -2.10. The van der Waals surface area contributed by atoms with Gasteiger partial charge in [-0.25, -0.2) is 0 Å². The maximum absolute atomic E-state index is 5.33. The molecule has 0 fully saturated rings. The van der Waals surface area contributed by atoms with Gasteiger partial charge in [-0.1, -0.05) is 146 Å². The van der Waals surface area contributed by atoms with Gasteiger partial charge < -0.3 is 19.3 Å². The van der Waals surface area contributed by atoms with Crippen molar-refractivity contribution >= 4 is 55.7 Å². The molecule has 0 radical (unpaired) electrons. The summed E-state index contributed by atoms with van der Waals surface area (Å²) in [6.45, 7) is 1.41. The standard InChI is InChI=1S/C56H48N2O2/c1-59-39-37-41-17-29-49(30-18-41)57(55-15-7-11-47-9-3-5-13-53(47)55)51-33-25-45(26-34-51)43-21-23-44(24-22-43)46-27-35-52(36-28-46)58(50-31-19-42(20-32-50)38-40-60-2)56-16-8-12-48-10-4-6-14-54(48)56/h3-36H,37-40H2,1-2H3. The zero-order valence-corrected chi connectivity index (χ0v) is 34.2. The summed E-state index contributed by atoms with van der Waals surface area (Å²) in [6.07, 6.45) is 1.78. The fourth-order valence-electron chi connectivity index (χ4n) is 8.19. The van der Waals surface area contributed by atoms with Gasteiger partial charge in [0.25, 0.3) is 0 Å². The predicted molar refractivity (Wildman–Crippen MR) is 253 cm³/mol. The Morgan fingerprint density at radius 1 is 0.317 bits per heavy atom. The van der Waals surface area contributed by atoms with E-state index in [4.69, 9.17) is 9.47 Å². The topological polar surface area (TPSA) is 24.9 Å². The van der Waals surface area contributed by atoms with Gasteiger partial charge in [-0.3, -0.25) is 0 Å². The van der Waals surface area contributed by atoms with Crippen LogP contribution in [0.1, 0.15) is 11.1 Å². The zero-order chi connectivity index (χ0) is 40.7. The normalized spacial score (nSPS) is 11.2. The van der Waals surface area contributed by atoms with Crippen LogP contribution in [0.3, 0.4) is 0 Å². The Morgan fingerprint density at radius 2 is 0.617 bits per heavy atom. The summed E-state index contributed by atoms with van der Waals surface area (Å²) < 4.78 is 10.7. The van der Waals surface area contributed by atoms with Crippen molar-refractivity contribution in [2.24, 2.45) is 0 Å². The van der Waals surface area contributed by atoms with Crippen LogP contribution < -0.4 is 9.80 Å². The molecule has 4 nitrogen and oxygen atoms in total. The van der Waals surface area contributed by atoms with Crippen LogP contribution >= 0.6 is 0 Å². The summed E-state index contributed by atoms with van der Waals surface area (Å²) in [5, 5.41) is 4.86. The molecule has 4 heteroatoms. The molecule has 0 saturated carbocycles. The number of hydrogen-bond acceptors (Lipinski definition) is 4. The van der Waals surface area contributed by atoms with Crippen LogP contribution in [0.5, 0.6) is 0 Å². The lowest BCUT2D eigenvalue weighted by molar-refractivity contribution is 0.202. The predicted octanol–water partition coefficient (Wildman–Crippen LogP) is 14.6. The Hall–Kier alpha value is -6.98. The molecule has 0 spiro atoms. The van der Waals surface area contributed by atoms with E-state index in [1.165, 1.54) is 54.9 Å². The van der Waals surface area contributed by atoms with Gasteiger partial charge in [0.2, 0.25) is 0 Å². The number of ether oxygens (including phenoxy) is 2. The van der Waals surface area contributed by atoms with E-state index in [1.54, 1.807) is 14.2 Å². The van der Waals surface area contributed by atoms with E-state index in [0.717, 1.165) is 47.0 Å². The summed E-state index contributed by atoms with van der Waals surface area (Å²) >= 11 is 0. The molecular weight excluding hydrogens is 733 g/mol. The number of rotatable bonds is 14. The van der Waals surface area contributed by atoms with Gasteiger partial charge in [0.05, 0.1) is 24.6 Å². The number of fused-ring (bicyclic) bond motifs is 2. The van der Waals surface area contributed by atoms with Gasteiger partial charge in [0.15, 0.2) is 0 Å². The first-order valence-electron chi connectivity index (χ1n) is 20.7. The van der Waals surface area contributed by atoms with Gasteiger partial charge in [-0.05, 0) is 118 Å². The molecule has 0 saturated heterocycles. The highest BCUT2D eigenvalue weighted by Crippen LogP contribution is 2.41. The molecule has 0 amide bonds. The van der Waals surface area contributed by atoms with E-state index in [-0.39, 0.29) is 0 Å². The van der Waals surface area contributed by atoms with Crippen LogP contribution in [0.2, 0.25) is 0 Å². The summed E-state index contributed by atoms with van der Waals surface area (Å²) in [5.41, 5.74) is 14.0. The highest BCUT2D eigenvalue weighted by atomic mass is 16.5. The highest BCUT2D eigenvalue weighted by molar-refractivity contribution is 6.00. The number of anilines is 6. The molecule has 9 aromatic carbocycles. The lowest BCUT2D eigenvalue weighted by Gasteiger charge is -2.27. The van der Waals surface area contributed by atoms with Crippen LogP contribution in [0, 0.1) is 0 Å². The molecule has 0 heterocycles. The molecule has 60 heavy (non-hydrogen) atoms. The minimum atomic E-state index is 0.707. The molecule has 9 aromatic rings. The summed E-state index contributed by atoms with van der Waals surface area (Å²) in [5.74, 6) is 0. The molecule has 0 aromatic heterocycles. The zero-order valence-electron chi connectivity index (χ0n) is 34.2. The van der Waals surface area contributed by atoms with E-state index in [1.807, 2.05) is 0 Å². The van der Waals surface area contributed by atoms with Crippen molar-refractivity contribution in [2.75, 3.05) is 37.2 Å². The second-order valence-electron chi connectivity index (χ2n) is 15.2. The summed E-state index contributed by atoms with van der Waals surface area (Å²) in [6, 6.07) is 74.8. The van der Waals surface area contributed by atoms with Crippen LogP contribution in [-0.2, 0) is 22.3 Å². The van der Waals surface area contributed by atoms with Gasteiger partial charge in [0, 0.05) is 47.7 Å². The first kappa shape index (κ1) is 38.5. The molecule has 9 rings (SSSR count). The van der Waals surface area contributed by atoms with Gasteiger partial charge in [0.1, 0.15) is 0 Å². The maximum atomic E-state index is 5.33. The third-order valence-corrected chi connectivity index (χ3v) is 11.4. The van der Waals surface area contributed by atoms with Crippen molar-refractivity contribution in [2.45, 2.75) is 12.8 Å². The highest BCUT2D eigenvalue weighted by Gasteiger charge is 2.17. The largest absolute Gasteiger partial charge is 0.384 e. The molecule has 0 aliphatic carbocycles. The van der Waals surface area contributed by atoms with Crippen LogP contribution in [0.25, 0.3) is 43.8 Å². The van der Waals surface area contributed by atoms with Crippen molar-refractivity contribution in [3.8, 4) is 22.3 Å². The van der Waals surface area contributed by atoms with Crippen LogP contribution in [0.15, 0.2) is 206 Å². The fraction of sp³-hybridized carbons (Fsp3) is 0.107. The van der Waals surface area contributed by atoms with Gasteiger partial charge >= 0.3 is 0 Å². The first-order chi connectivity index (χ1) is 29.7. The quantitative estimate of drug-likeness (QED) is 0.110. The molecule has 0 aliphatic heterocycles. The number of methoxy groups -OCH3 is 2. The second kappa shape index (κ2) is 17.9. The maximum Gasteiger partial charge on any atom is 0.0540 e. The van der Waals surface area contributed by atoms with E-state index in [9.17, 15) is 0 Å². The molecular formula is C56H48N2O2. The molecule has 0 unspecified atom stereocenters. The average Bonchev–Trinajstić information content (AvgIpc) is 3.32. The second-order valence-corrected chi connectivity index (χ2v) is 15.2. The van der Waals surface area contributed by atoms with Crippen molar-refractivity contribution in [1.82, 2.24) is 0 Å². The van der Waals surface area contributed by atoms with E-state index >= 15 is 0 Å². The van der Waals surface area contributed by atoms with Crippen molar-refractivity contribution in [3.63, 3.8) is 0 Å². The number of benzene rings is 9. The Labute approximate surface area is 353 Å². The molecule has 0 atom stereocenters. The Morgan fingerprint density at radius 3 is 0.967 bits per heavy atom. The third kappa shape index (κ3) is 8.17. The van der Waals surface area contributed by atoms with E-state index < -0.39 is 0 Å². The fourth-order valence-corrected chi connectivity index (χ4v) is 8.19. The summed E-state index contributed by atoms with van der Waals surface area (Å²) in [4.78, 5) is 4.72. The van der Waals surface area contributed by atoms with Gasteiger partial charge in [-0.2, -0.15) is 0 Å². The molecule has 294 valence electrons. The average molecular weight is 781 g/mol. The minimum absolute atomic E-state index is 0.707. The Kier molecular flexibility index (Phi) is 11.5. The Balaban J connectivity index is 0.988. The molecule has 0 bridgehead atoms. The third-order valence-electron chi connectivity index (χ3n) is 11.4. The smallest absolute Gasteiger partial charge is 0.0540 e. The number of hydrogen-bond donors (Lipinski definition) is 0.